The molecular formula is C18H11Br3F6O4. The summed E-state index contributed by atoms with van der Waals surface area (Å²) in [5, 5.41) is 0.0366. The Labute approximate surface area is 197 Å². The van der Waals surface area contributed by atoms with Gasteiger partial charge in [0.25, 0.3) is 0 Å². The molecule has 31 heavy (non-hydrogen) atoms. The molecule has 2 aromatic rings. The Balaban J connectivity index is 0.000000311. The number of carbonyl (C=O) groups is 2. The van der Waals surface area contributed by atoms with Crippen molar-refractivity contribution in [2.75, 3.05) is 5.33 Å². The van der Waals surface area contributed by atoms with Crippen LogP contribution in [0.4, 0.5) is 26.3 Å². The van der Waals surface area contributed by atoms with Crippen LogP contribution in [0.25, 0.3) is 0 Å². The van der Waals surface area contributed by atoms with Crippen molar-refractivity contribution in [3.05, 3.63) is 56.5 Å². The number of carbonyl (C=O) groups excluding carboxylic acids is 2. The molecule has 0 bridgehead atoms. The Morgan fingerprint density at radius 3 is 1.52 bits per heavy atom. The van der Waals surface area contributed by atoms with Crippen LogP contribution in [-0.2, 0) is 0 Å². The molecule has 0 aliphatic heterocycles. The molecule has 2 rings (SSSR count). The molecule has 0 saturated carbocycles. The number of benzene rings is 2. The molecule has 13 heteroatoms. The number of hydrogen-bond donors (Lipinski definition) is 0. The zero-order valence-electron chi connectivity index (χ0n) is 15.2. The summed E-state index contributed by atoms with van der Waals surface area (Å²) in [5.74, 6) is -1.50. The quantitative estimate of drug-likeness (QED) is 0.193. The van der Waals surface area contributed by atoms with Gasteiger partial charge in [-0.05, 0) is 43.3 Å². The fourth-order valence-corrected chi connectivity index (χ4v) is 3.22. The second-order valence-electron chi connectivity index (χ2n) is 5.56. The Kier molecular flexibility index (Phi) is 10.0. The highest BCUT2D eigenvalue weighted by Gasteiger charge is 2.32. The first kappa shape index (κ1) is 27.4. The number of rotatable bonds is 5. The van der Waals surface area contributed by atoms with Gasteiger partial charge in [-0.25, -0.2) is 0 Å². The lowest BCUT2D eigenvalue weighted by Gasteiger charge is -2.10. The summed E-state index contributed by atoms with van der Waals surface area (Å²) in [4.78, 5) is 22.2. The van der Waals surface area contributed by atoms with Gasteiger partial charge in [-0.15, -0.1) is 26.3 Å². The van der Waals surface area contributed by atoms with Crippen molar-refractivity contribution >= 4 is 59.4 Å². The van der Waals surface area contributed by atoms with Gasteiger partial charge in [0, 0.05) is 20.1 Å². The topological polar surface area (TPSA) is 52.6 Å². The predicted molar refractivity (Wildman–Crippen MR) is 110 cm³/mol. The normalized spacial score (nSPS) is 11.3. The van der Waals surface area contributed by atoms with Gasteiger partial charge in [0.1, 0.15) is 11.5 Å². The number of halogens is 9. The second kappa shape index (κ2) is 11.3. The molecule has 0 unspecified atom stereocenters. The fourth-order valence-electron chi connectivity index (χ4n) is 1.95. The zero-order valence-corrected chi connectivity index (χ0v) is 20.0. The summed E-state index contributed by atoms with van der Waals surface area (Å²) in [6.45, 7) is 1.26. The first-order valence-electron chi connectivity index (χ1n) is 7.82. The van der Waals surface area contributed by atoms with E-state index in [1.54, 1.807) is 0 Å². The third kappa shape index (κ3) is 11.0. The molecule has 0 fully saturated rings. The molecule has 0 radical (unpaired) electrons. The number of hydrogen-bond acceptors (Lipinski definition) is 4. The van der Waals surface area contributed by atoms with Gasteiger partial charge in [0.15, 0.2) is 11.6 Å². The van der Waals surface area contributed by atoms with E-state index in [9.17, 15) is 35.9 Å². The van der Waals surface area contributed by atoms with Crippen LogP contribution in [0, 0.1) is 0 Å². The first-order valence-corrected chi connectivity index (χ1v) is 10.5. The van der Waals surface area contributed by atoms with Crippen LogP contribution in [0.2, 0.25) is 0 Å². The maximum atomic E-state index is 12.0. The highest BCUT2D eigenvalue weighted by molar-refractivity contribution is 9.10. The van der Waals surface area contributed by atoms with Crippen molar-refractivity contribution in [2.24, 2.45) is 0 Å². The highest BCUT2D eigenvalue weighted by Crippen LogP contribution is 2.28. The van der Waals surface area contributed by atoms with Crippen LogP contribution in [0.3, 0.4) is 0 Å². The summed E-state index contributed by atoms with van der Waals surface area (Å²) in [7, 11) is 0. The monoisotopic (exact) mass is 642 g/mol. The Bertz CT molecular complexity index is 945. The molecule has 0 spiro atoms. The highest BCUT2D eigenvalue weighted by atomic mass is 79.9. The lowest BCUT2D eigenvalue weighted by Crippen LogP contribution is -2.17. The van der Waals surface area contributed by atoms with E-state index in [2.05, 4.69) is 57.3 Å². The predicted octanol–water partition coefficient (Wildman–Crippen LogP) is 7.48. The zero-order chi connectivity index (χ0) is 24.0. The summed E-state index contributed by atoms with van der Waals surface area (Å²) in [6.07, 6.45) is -9.52. The smallest absolute Gasteiger partial charge is 0.406 e. The molecule has 0 atom stereocenters. The molecule has 170 valence electrons. The van der Waals surface area contributed by atoms with Gasteiger partial charge < -0.3 is 9.47 Å². The maximum Gasteiger partial charge on any atom is 0.573 e. The Hall–Kier alpha value is -1.60. The van der Waals surface area contributed by atoms with Gasteiger partial charge in [0.05, 0.1) is 5.33 Å². The van der Waals surface area contributed by atoms with Gasteiger partial charge in [-0.3, -0.25) is 9.59 Å². The average Bonchev–Trinajstić information content (AvgIpc) is 2.57. The number of ether oxygens (including phenoxy) is 2. The van der Waals surface area contributed by atoms with Crippen LogP contribution in [0.15, 0.2) is 45.3 Å². The number of ketones is 2. The largest absolute Gasteiger partial charge is 0.573 e. The molecule has 0 aliphatic rings. The summed E-state index contributed by atoms with van der Waals surface area (Å²) in [6, 6.07) is 7.21. The van der Waals surface area contributed by atoms with Crippen molar-refractivity contribution < 1.29 is 45.4 Å². The van der Waals surface area contributed by atoms with Crippen molar-refractivity contribution in [3.63, 3.8) is 0 Å². The van der Waals surface area contributed by atoms with Crippen LogP contribution < -0.4 is 9.47 Å². The van der Waals surface area contributed by atoms with Crippen LogP contribution in [0.5, 0.6) is 11.5 Å². The van der Waals surface area contributed by atoms with Crippen molar-refractivity contribution in [2.45, 2.75) is 19.6 Å². The van der Waals surface area contributed by atoms with Crippen LogP contribution in [-0.4, -0.2) is 29.6 Å². The second-order valence-corrected chi connectivity index (χ2v) is 7.95. The van der Waals surface area contributed by atoms with Gasteiger partial charge in [0.2, 0.25) is 0 Å². The maximum absolute atomic E-state index is 12.0. The molecule has 0 heterocycles. The van der Waals surface area contributed by atoms with Crippen molar-refractivity contribution in [1.29, 1.82) is 0 Å². The van der Waals surface area contributed by atoms with E-state index in [0.717, 1.165) is 24.3 Å². The van der Waals surface area contributed by atoms with Crippen LogP contribution >= 0.6 is 47.8 Å². The molecule has 0 aliphatic carbocycles. The molecule has 2 aromatic carbocycles. The SMILES string of the molecule is CC(=O)c1cc(Br)cc(OC(F)(F)F)c1.O=C(CBr)c1cc(Br)cc(OC(F)(F)F)c1. The third-order valence-electron chi connectivity index (χ3n) is 3.06. The summed E-state index contributed by atoms with van der Waals surface area (Å²) < 4.78 is 79.6. The van der Waals surface area contributed by atoms with E-state index in [4.69, 9.17) is 0 Å². The van der Waals surface area contributed by atoms with E-state index in [1.807, 2.05) is 0 Å². The van der Waals surface area contributed by atoms with E-state index in [0.29, 0.717) is 8.95 Å². The Morgan fingerprint density at radius 1 is 0.774 bits per heavy atom. The number of Topliss-reactive ketones (excluding diaryl/α,β-unsaturated/α-hetero) is 2. The molecular weight excluding hydrogens is 634 g/mol. The minimum absolute atomic E-state index is 0.0366. The lowest BCUT2D eigenvalue weighted by molar-refractivity contribution is -0.275. The molecule has 0 amide bonds. The standard InChI is InChI=1S/C9H5Br2F3O2.C9H6BrF3O2/c10-4-8(15)5-1-6(11)3-7(2-5)16-9(12,13)14;1-5(14)6-2-7(10)4-8(3-6)15-9(11,12)13/h1-3H,4H2;2-4H,1H3. The van der Waals surface area contributed by atoms with E-state index < -0.39 is 24.2 Å². The van der Waals surface area contributed by atoms with Crippen molar-refractivity contribution in [3.8, 4) is 11.5 Å². The van der Waals surface area contributed by atoms with Gasteiger partial charge >= 0.3 is 12.7 Å². The van der Waals surface area contributed by atoms with Crippen LogP contribution in [0.1, 0.15) is 27.6 Å². The van der Waals surface area contributed by atoms with Gasteiger partial charge in [-0.1, -0.05) is 47.8 Å². The molecule has 0 aromatic heterocycles. The molecule has 0 N–H and O–H groups in total. The first-order chi connectivity index (χ1) is 14.1. The fraction of sp³-hybridized carbons (Fsp3) is 0.222. The summed E-state index contributed by atoms with van der Waals surface area (Å²) >= 11 is 8.93. The summed E-state index contributed by atoms with van der Waals surface area (Å²) in [5.41, 5.74) is 0.300. The third-order valence-corrected chi connectivity index (χ3v) is 4.48. The van der Waals surface area contributed by atoms with E-state index in [-0.39, 0.29) is 28.0 Å². The number of alkyl halides is 7. The minimum Gasteiger partial charge on any atom is -0.406 e. The van der Waals surface area contributed by atoms with Crippen molar-refractivity contribution in [1.82, 2.24) is 0 Å². The molecule has 0 saturated heterocycles. The lowest BCUT2D eigenvalue weighted by atomic mass is 10.1. The Morgan fingerprint density at radius 2 is 1.16 bits per heavy atom. The molecule has 4 nitrogen and oxygen atoms in total. The average molecular weight is 645 g/mol. The van der Waals surface area contributed by atoms with E-state index >= 15 is 0 Å². The van der Waals surface area contributed by atoms with Gasteiger partial charge in [-0.2, -0.15) is 0 Å². The minimum atomic E-state index is -4.77. The van der Waals surface area contributed by atoms with E-state index in [1.165, 1.54) is 19.1 Å².